The molecule has 0 amide bonds. The van der Waals surface area contributed by atoms with E-state index in [9.17, 15) is 0 Å². The van der Waals surface area contributed by atoms with E-state index in [-0.39, 0.29) is 0 Å². The van der Waals surface area contributed by atoms with Crippen LogP contribution in [0.5, 0.6) is 0 Å². The Morgan fingerprint density at radius 2 is 2.00 bits per heavy atom. The molecule has 4 N–H and O–H groups in total. The molecule has 0 bridgehead atoms. The van der Waals surface area contributed by atoms with E-state index in [1.807, 2.05) is 0 Å². The van der Waals surface area contributed by atoms with Crippen molar-refractivity contribution in [2.45, 2.75) is 19.3 Å². The van der Waals surface area contributed by atoms with Crippen molar-refractivity contribution >= 4 is 0 Å². The lowest BCUT2D eigenvalue weighted by atomic mass is 9.97. The fraction of sp³-hybridized carbons (Fsp3) is 1.00. The van der Waals surface area contributed by atoms with E-state index in [2.05, 4.69) is 5.73 Å². The maximum Gasteiger partial charge on any atom is 0.0771 e. The predicted octanol–water partition coefficient (Wildman–Crippen LogP) is -0.363. The molecule has 0 aromatic rings. The smallest absolute Gasteiger partial charge is 0.0771 e. The van der Waals surface area contributed by atoms with E-state index in [4.69, 9.17) is 5.11 Å². The van der Waals surface area contributed by atoms with Crippen molar-refractivity contribution in [3.8, 4) is 0 Å². The maximum absolute atomic E-state index is 8.84. The van der Waals surface area contributed by atoms with E-state index >= 15 is 0 Å². The molecule has 1 aliphatic carbocycles. The molecule has 2 nitrogen and oxygen atoms in total. The van der Waals surface area contributed by atoms with Crippen molar-refractivity contribution in [2.75, 3.05) is 13.2 Å². The number of aliphatic hydroxyl groups excluding tert-OH is 1. The van der Waals surface area contributed by atoms with Gasteiger partial charge in [0.25, 0.3) is 0 Å². The molecular formula is C7H16NO+. The second-order valence-electron chi connectivity index (χ2n) is 2.92. The fourth-order valence-electron chi connectivity index (χ4n) is 1.73. The monoisotopic (exact) mass is 130 g/mol. The predicted molar refractivity (Wildman–Crippen MR) is 35.7 cm³/mol. The normalized spacial score (nSPS) is 35.3. The van der Waals surface area contributed by atoms with Gasteiger partial charge in [-0.2, -0.15) is 0 Å². The third kappa shape index (κ3) is 1.43. The molecule has 9 heavy (non-hydrogen) atoms. The number of quaternary nitrogens is 1. The molecule has 0 radical (unpaired) electrons. The van der Waals surface area contributed by atoms with Crippen molar-refractivity contribution in [2.24, 2.45) is 11.8 Å². The van der Waals surface area contributed by atoms with Crippen LogP contribution < -0.4 is 5.73 Å². The third-order valence-electron chi connectivity index (χ3n) is 2.42. The molecule has 0 aliphatic heterocycles. The minimum absolute atomic E-state index is 0.375. The summed E-state index contributed by atoms with van der Waals surface area (Å²) in [5.74, 6) is 1.29. The minimum Gasteiger partial charge on any atom is -0.396 e. The first-order valence-electron chi connectivity index (χ1n) is 3.78. The first kappa shape index (κ1) is 7.03. The van der Waals surface area contributed by atoms with Crippen molar-refractivity contribution < 1.29 is 10.8 Å². The lowest BCUT2D eigenvalue weighted by Gasteiger charge is -2.11. The highest BCUT2D eigenvalue weighted by Gasteiger charge is 2.26. The molecule has 0 aromatic heterocycles. The van der Waals surface area contributed by atoms with Crippen LogP contribution in [0.25, 0.3) is 0 Å². The third-order valence-corrected chi connectivity index (χ3v) is 2.42. The zero-order valence-corrected chi connectivity index (χ0v) is 5.84. The van der Waals surface area contributed by atoms with Gasteiger partial charge in [-0.15, -0.1) is 0 Å². The summed E-state index contributed by atoms with van der Waals surface area (Å²) in [5.41, 5.74) is 3.85. The van der Waals surface area contributed by atoms with Crippen LogP contribution in [0.3, 0.4) is 0 Å². The lowest BCUT2D eigenvalue weighted by molar-refractivity contribution is -0.381. The molecule has 2 heteroatoms. The van der Waals surface area contributed by atoms with Gasteiger partial charge in [0.1, 0.15) is 0 Å². The Hall–Kier alpha value is -0.0800. The Labute approximate surface area is 56.1 Å². The average Bonchev–Trinajstić information content (AvgIpc) is 2.33. The largest absolute Gasteiger partial charge is 0.396 e. The molecule has 1 aliphatic rings. The maximum atomic E-state index is 8.84. The Morgan fingerprint density at radius 1 is 1.33 bits per heavy atom. The molecule has 1 saturated carbocycles. The summed E-state index contributed by atoms with van der Waals surface area (Å²) in [6.07, 6.45) is 3.80. The molecule has 1 fully saturated rings. The molecule has 1 rings (SSSR count). The first-order valence-corrected chi connectivity index (χ1v) is 3.78. The zero-order valence-electron chi connectivity index (χ0n) is 5.84. The Morgan fingerprint density at radius 3 is 2.44 bits per heavy atom. The van der Waals surface area contributed by atoms with Crippen LogP contribution in [-0.4, -0.2) is 18.3 Å². The fourth-order valence-corrected chi connectivity index (χ4v) is 1.73. The summed E-state index contributed by atoms with van der Waals surface area (Å²) in [6, 6.07) is 0. The van der Waals surface area contributed by atoms with Crippen LogP contribution in [0.15, 0.2) is 0 Å². The summed E-state index contributed by atoms with van der Waals surface area (Å²) >= 11 is 0. The van der Waals surface area contributed by atoms with Crippen molar-refractivity contribution in [3.63, 3.8) is 0 Å². The minimum atomic E-state index is 0.375. The van der Waals surface area contributed by atoms with Gasteiger partial charge in [0.05, 0.1) is 6.54 Å². The summed E-state index contributed by atoms with van der Waals surface area (Å²) in [6.45, 7) is 1.38. The number of hydrogen-bond acceptors (Lipinski definition) is 1. The highest BCUT2D eigenvalue weighted by atomic mass is 16.3. The van der Waals surface area contributed by atoms with Crippen LogP contribution in [0.4, 0.5) is 0 Å². The van der Waals surface area contributed by atoms with Crippen LogP contribution >= 0.6 is 0 Å². The molecule has 0 aromatic carbocycles. The summed E-state index contributed by atoms with van der Waals surface area (Å²) in [7, 11) is 0. The highest BCUT2D eigenvalue weighted by Crippen LogP contribution is 2.29. The summed E-state index contributed by atoms with van der Waals surface area (Å²) in [5, 5.41) is 8.84. The van der Waals surface area contributed by atoms with Gasteiger partial charge >= 0.3 is 0 Å². The van der Waals surface area contributed by atoms with Crippen LogP contribution in [0.2, 0.25) is 0 Å². The van der Waals surface area contributed by atoms with E-state index in [0.717, 1.165) is 12.5 Å². The molecule has 54 valence electrons. The van der Waals surface area contributed by atoms with Gasteiger partial charge in [-0.1, -0.05) is 6.42 Å². The van der Waals surface area contributed by atoms with Gasteiger partial charge in [-0.25, -0.2) is 0 Å². The zero-order chi connectivity index (χ0) is 6.69. The number of hydrogen-bond donors (Lipinski definition) is 2. The number of rotatable bonds is 2. The topological polar surface area (TPSA) is 47.9 Å². The number of aliphatic hydroxyl groups is 1. The van der Waals surface area contributed by atoms with Gasteiger partial charge in [0.15, 0.2) is 0 Å². The van der Waals surface area contributed by atoms with Gasteiger partial charge in [-0.3, -0.25) is 0 Å². The molecular weight excluding hydrogens is 114 g/mol. The van der Waals surface area contributed by atoms with E-state index in [1.165, 1.54) is 19.3 Å². The molecule has 2 atom stereocenters. The summed E-state index contributed by atoms with van der Waals surface area (Å²) < 4.78 is 0. The Kier molecular flexibility index (Phi) is 2.49. The first-order chi connectivity index (χ1) is 4.38. The van der Waals surface area contributed by atoms with Gasteiger partial charge in [-0.05, 0) is 18.8 Å². The molecule has 0 spiro atoms. The second-order valence-corrected chi connectivity index (χ2v) is 2.92. The SMILES string of the molecule is [NH3+]C[C@H]1CCC[C@H]1CO. The van der Waals surface area contributed by atoms with Crippen molar-refractivity contribution in [1.29, 1.82) is 0 Å². The second kappa shape index (κ2) is 3.18. The Balaban J connectivity index is 2.32. The van der Waals surface area contributed by atoms with Crippen LogP contribution in [0, 0.1) is 11.8 Å². The van der Waals surface area contributed by atoms with Crippen molar-refractivity contribution in [1.82, 2.24) is 0 Å². The van der Waals surface area contributed by atoms with Gasteiger partial charge in [0, 0.05) is 12.5 Å². The summed E-state index contributed by atoms with van der Waals surface area (Å²) in [4.78, 5) is 0. The van der Waals surface area contributed by atoms with Gasteiger partial charge < -0.3 is 10.8 Å². The standard InChI is InChI=1S/C7H15NO/c8-4-6-2-1-3-7(6)5-9/h6-7,9H,1-5,8H2/p+1/t6-,7+/m1/s1. The lowest BCUT2D eigenvalue weighted by Crippen LogP contribution is -2.54. The van der Waals surface area contributed by atoms with E-state index in [0.29, 0.717) is 12.5 Å². The molecule has 0 heterocycles. The van der Waals surface area contributed by atoms with Crippen molar-refractivity contribution in [3.05, 3.63) is 0 Å². The highest BCUT2D eigenvalue weighted by molar-refractivity contribution is 4.75. The van der Waals surface area contributed by atoms with E-state index < -0.39 is 0 Å². The van der Waals surface area contributed by atoms with Crippen LogP contribution in [-0.2, 0) is 0 Å². The average molecular weight is 130 g/mol. The quantitative estimate of drug-likeness (QED) is 0.527. The van der Waals surface area contributed by atoms with Gasteiger partial charge in [0.2, 0.25) is 0 Å². The molecule has 0 saturated heterocycles. The van der Waals surface area contributed by atoms with Crippen LogP contribution in [0.1, 0.15) is 19.3 Å². The Bertz CT molecular complexity index is 75.0. The molecule has 0 unspecified atom stereocenters. The van der Waals surface area contributed by atoms with E-state index in [1.54, 1.807) is 0 Å².